The predicted molar refractivity (Wildman–Crippen MR) is 79.6 cm³/mol. The average Bonchev–Trinajstić information content (AvgIpc) is 2.54. The lowest BCUT2D eigenvalue weighted by Crippen LogP contribution is -2.60. The van der Waals surface area contributed by atoms with E-state index in [1.54, 1.807) is 11.0 Å². The van der Waals surface area contributed by atoms with Crippen LogP contribution < -0.4 is 4.74 Å². The van der Waals surface area contributed by atoms with E-state index in [1.807, 2.05) is 7.05 Å². The van der Waals surface area contributed by atoms with Gasteiger partial charge in [-0.15, -0.1) is 0 Å². The molecule has 2 heterocycles. The topological polar surface area (TPSA) is 42.0 Å². The molecule has 2 atom stereocenters. The number of carbonyl (C=O) groups excluding carboxylic acids is 1. The highest BCUT2D eigenvalue weighted by Crippen LogP contribution is 2.26. The molecule has 22 heavy (non-hydrogen) atoms. The van der Waals surface area contributed by atoms with Crippen molar-refractivity contribution in [1.29, 1.82) is 0 Å². The lowest BCUT2D eigenvalue weighted by atomic mass is 9.98. The van der Waals surface area contributed by atoms with Crippen LogP contribution in [0, 0.1) is 5.82 Å². The van der Waals surface area contributed by atoms with Gasteiger partial charge in [-0.25, -0.2) is 4.39 Å². The van der Waals surface area contributed by atoms with Gasteiger partial charge in [0.15, 0.2) is 11.6 Å². The molecule has 2 aliphatic heterocycles. The second-order valence-electron chi connectivity index (χ2n) is 5.85. The van der Waals surface area contributed by atoms with E-state index in [0.29, 0.717) is 13.2 Å². The molecule has 0 radical (unpaired) electrons. The van der Waals surface area contributed by atoms with Crippen LogP contribution in [-0.4, -0.2) is 68.3 Å². The summed E-state index contributed by atoms with van der Waals surface area (Å²) in [5, 5.41) is 0. The number of likely N-dealkylation sites (N-methyl/N-ethyl adjacent to an activating group) is 1. The maximum atomic E-state index is 14.4. The van der Waals surface area contributed by atoms with Gasteiger partial charge in [-0.3, -0.25) is 4.79 Å². The standard InChI is InChI=1S/C16H21FN2O3/c1-18-7-6-13-12(10-18)19(8-9-22-13)16(20)11-4-3-5-14(21-2)15(11)17/h3-5,12-13H,6-10H2,1-2H3/t12-,13-/m0/s1. The molecule has 0 N–H and O–H groups in total. The first-order chi connectivity index (χ1) is 10.6. The Balaban J connectivity index is 1.87. The number of hydrogen-bond acceptors (Lipinski definition) is 4. The van der Waals surface area contributed by atoms with E-state index in [2.05, 4.69) is 4.90 Å². The van der Waals surface area contributed by atoms with E-state index in [1.165, 1.54) is 19.2 Å². The molecule has 5 nitrogen and oxygen atoms in total. The average molecular weight is 308 g/mol. The number of amides is 1. The Hall–Kier alpha value is -1.66. The number of halogens is 1. The molecule has 6 heteroatoms. The van der Waals surface area contributed by atoms with E-state index >= 15 is 0 Å². The van der Waals surface area contributed by atoms with E-state index in [9.17, 15) is 9.18 Å². The minimum absolute atomic E-state index is 0.0226. The van der Waals surface area contributed by atoms with Gasteiger partial charge < -0.3 is 19.3 Å². The number of morpholine rings is 1. The molecule has 1 amide bonds. The monoisotopic (exact) mass is 308 g/mol. The van der Waals surface area contributed by atoms with Crippen molar-refractivity contribution < 1.29 is 18.7 Å². The Labute approximate surface area is 129 Å². The molecule has 0 saturated carbocycles. The SMILES string of the molecule is COc1cccc(C(=O)N2CCO[C@H]3CCN(C)C[C@@H]32)c1F. The third-order valence-corrected chi connectivity index (χ3v) is 4.46. The quantitative estimate of drug-likeness (QED) is 0.828. The summed E-state index contributed by atoms with van der Waals surface area (Å²) in [7, 11) is 3.42. The summed E-state index contributed by atoms with van der Waals surface area (Å²) in [4.78, 5) is 16.7. The largest absolute Gasteiger partial charge is 0.494 e. The fourth-order valence-electron chi connectivity index (χ4n) is 3.27. The third kappa shape index (κ3) is 2.68. The summed E-state index contributed by atoms with van der Waals surface area (Å²) in [6.45, 7) is 2.70. The third-order valence-electron chi connectivity index (χ3n) is 4.46. The van der Waals surface area contributed by atoms with Gasteiger partial charge in [0.1, 0.15) is 0 Å². The molecule has 0 aromatic heterocycles. The minimum atomic E-state index is -0.595. The van der Waals surface area contributed by atoms with E-state index in [4.69, 9.17) is 9.47 Å². The zero-order chi connectivity index (χ0) is 15.7. The van der Waals surface area contributed by atoms with Crippen molar-refractivity contribution in [3.8, 4) is 5.75 Å². The molecule has 2 fully saturated rings. The van der Waals surface area contributed by atoms with Crippen molar-refractivity contribution in [2.75, 3.05) is 40.4 Å². The number of fused-ring (bicyclic) bond motifs is 1. The molecule has 3 rings (SSSR count). The Kier molecular flexibility index (Phi) is 4.31. The normalized spacial score (nSPS) is 25.7. The summed E-state index contributed by atoms with van der Waals surface area (Å²) in [5.74, 6) is -0.788. The molecular formula is C16H21FN2O3. The van der Waals surface area contributed by atoms with E-state index in [-0.39, 0.29) is 29.4 Å². The summed E-state index contributed by atoms with van der Waals surface area (Å²) in [6.07, 6.45) is 0.938. The number of carbonyl (C=O) groups is 1. The Bertz CT molecular complexity index is 566. The van der Waals surface area contributed by atoms with Gasteiger partial charge in [0, 0.05) is 19.6 Å². The fraction of sp³-hybridized carbons (Fsp3) is 0.562. The van der Waals surface area contributed by atoms with E-state index in [0.717, 1.165) is 19.5 Å². The zero-order valence-corrected chi connectivity index (χ0v) is 12.9. The number of hydrogen-bond donors (Lipinski definition) is 0. The van der Waals surface area contributed by atoms with Crippen molar-refractivity contribution in [2.45, 2.75) is 18.6 Å². The highest BCUT2D eigenvalue weighted by Gasteiger charge is 2.39. The van der Waals surface area contributed by atoms with Gasteiger partial charge in [-0.05, 0) is 25.6 Å². The number of ether oxygens (including phenoxy) is 2. The van der Waals surface area contributed by atoms with E-state index < -0.39 is 5.82 Å². The van der Waals surface area contributed by atoms with Crippen LogP contribution in [0.4, 0.5) is 4.39 Å². The summed E-state index contributed by atoms with van der Waals surface area (Å²) < 4.78 is 25.1. The summed E-state index contributed by atoms with van der Waals surface area (Å²) >= 11 is 0. The number of nitrogens with zero attached hydrogens (tertiary/aromatic N) is 2. The summed E-state index contributed by atoms with van der Waals surface area (Å²) in [5.41, 5.74) is 0.0632. The fourth-order valence-corrected chi connectivity index (χ4v) is 3.27. The predicted octanol–water partition coefficient (Wildman–Crippen LogP) is 1.38. The lowest BCUT2D eigenvalue weighted by Gasteiger charge is -2.46. The minimum Gasteiger partial charge on any atom is -0.494 e. The number of piperidine rings is 1. The van der Waals surface area contributed by atoms with Crippen LogP contribution in [0.1, 0.15) is 16.8 Å². The molecule has 120 valence electrons. The van der Waals surface area contributed by atoms with Crippen LogP contribution >= 0.6 is 0 Å². The number of methoxy groups -OCH3 is 1. The van der Waals surface area contributed by atoms with Crippen molar-refractivity contribution >= 4 is 5.91 Å². The Morgan fingerprint density at radius 2 is 2.23 bits per heavy atom. The van der Waals surface area contributed by atoms with Gasteiger partial charge in [0.25, 0.3) is 5.91 Å². The van der Waals surface area contributed by atoms with Crippen molar-refractivity contribution in [2.24, 2.45) is 0 Å². The van der Waals surface area contributed by atoms with Crippen molar-refractivity contribution in [3.05, 3.63) is 29.6 Å². The molecule has 1 aromatic rings. The van der Waals surface area contributed by atoms with Gasteiger partial charge in [-0.1, -0.05) is 6.07 Å². The van der Waals surface area contributed by atoms with Gasteiger partial charge in [0.05, 0.1) is 31.4 Å². The molecule has 0 aliphatic carbocycles. The number of benzene rings is 1. The molecule has 0 unspecified atom stereocenters. The molecule has 1 aromatic carbocycles. The highest BCUT2D eigenvalue weighted by atomic mass is 19.1. The smallest absolute Gasteiger partial charge is 0.257 e. The molecule has 2 saturated heterocycles. The first-order valence-corrected chi connectivity index (χ1v) is 7.55. The summed E-state index contributed by atoms with van der Waals surface area (Å²) in [6, 6.07) is 4.64. The maximum Gasteiger partial charge on any atom is 0.257 e. The number of likely N-dealkylation sites (tertiary alicyclic amines) is 1. The van der Waals surface area contributed by atoms with Gasteiger partial charge in [-0.2, -0.15) is 0 Å². The van der Waals surface area contributed by atoms with Gasteiger partial charge >= 0.3 is 0 Å². The second-order valence-corrected chi connectivity index (χ2v) is 5.85. The van der Waals surface area contributed by atoms with Crippen molar-refractivity contribution in [1.82, 2.24) is 9.80 Å². The second kappa shape index (κ2) is 6.22. The van der Waals surface area contributed by atoms with Crippen LogP contribution in [0.25, 0.3) is 0 Å². The lowest BCUT2D eigenvalue weighted by molar-refractivity contribution is -0.0870. The number of rotatable bonds is 2. The first-order valence-electron chi connectivity index (χ1n) is 7.55. The molecule has 0 bridgehead atoms. The van der Waals surface area contributed by atoms with Crippen LogP contribution in [0.15, 0.2) is 18.2 Å². The van der Waals surface area contributed by atoms with Gasteiger partial charge in [0.2, 0.25) is 0 Å². The van der Waals surface area contributed by atoms with Crippen LogP contribution in [-0.2, 0) is 4.74 Å². The van der Waals surface area contributed by atoms with Crippen molar-refractivity contribution in [3.63, 3.8) is 0 Å². The van der Waals surface area contributed by atoms with Crippen LogP contribution in [0.2, 0.25) is 0 Å². The van der Waals surface area contributed by atoms with Crippen LogP contribution in [0.3, 0.4) is 0 Å². The van der Waals surface area contributed by atoms with Crippen LogP contribution in [0.5, 0.6) is 5.75 Å². The highest BCUT2D eigenvalue weighted by molar-refractivity contribution is 5.95. The first kappa shape index (κ1) is 15.2. The Morgan fingerprint density at radius 3 is 3.00 bits per heavy atom. The Morgan fingerprint density at radius 1 is 1.41 bits per heavy atom. The zero-order valence-electron chi connectivity index (χ0n) is 12.9. The molecule has 2 aliphatic rings. The maximum absolute atomic E-state index is 14.4. The molecular weight excluding hydrogens is 287 g/mol. The molecule has 0 spiro atoms.